The minimum atomic E-state index is -0.108. The molecule has 0 atom stereocenters. The van der Waals surface area contributed by atoms with Crippen LogP contribution in [-0.4, -0.2) is 26.4 Å². The molecule has 0 radical (unpaired) electrons. The molecule has 4 rings (SSSR count). The normalized spacial score (nSPS) is 10.8. The van der Waals surface area contributed by atoms with E-state index in [1.54, 1.807) is 12.1 Å². The molecule has 3 aromatic carbocycles. The second kappa shape index (κ2) is 10.7. The Labute approximate surface area is 206 Å². The van der Waals surface area contributed by atoms with E-state index in [0.717, 1.165) is 22.6 Å². The standard InChI is InChI=1S/C24H21Cl2N5OS/c1-16-6-5-7-18(12-16)28-23(32)15-33-24-30-29-22(31(24)19-8-3-2-4-9-19)14-27-17-10-11-20(25)21(26)13-17/h2-13,27H,14-15H2,1H3,(H,28,32). The molecule has 33 heavy (non-hydrogen) atoms. The summed E-state index contributed by atoms with van der Waals surface area (Å²) < 4.78 is 1.94. The minimum absolute atomic E-state index is 0.108. The van der Waals surface area contributed by atoms with Crippen molar-refractivity contribution in [1.82, 2.24) is 14.8 Å². The molecule has 1 heterocycles. The number of hydrogen-bond donors (Lipinski definition) is 2. The highest BCUT2D eigenvalue weighted by Gasteiger charge is 2.16. The molecule has 4 aromatic rings. The lowest BCUT2D eigenvalue weighted by Crippen LogP contribution is -2.15. The van der Waals surface area contributed by atoms with E-state index < -0.39 is 0 Å². The highest BCUT2D eigenvalue weighted by atomic mass is 35.5. The van der Waals surface area contributed by atoms with Crippen LogP contribution < -0.4 is 10.6 Å². The molecular formula is C24H21Cl2N5OS. The number of amides is 1. The number of carbonyl (C=O) groups excluding carboxylic acids is 1. The summed E-state index contributed by atoms with van der Waals surface area (Å²) in [5.74, 6) is 0.802. The summed E-state index contributed by atoms with van der Waals surface area (Å²) in [5, 5.41) is 16.5. The van der Waals surface area contributed by atoms with E-state index in [2.05, 4.69) is 20.8 Å². The van der Waals surface area contributed by atoms with Gasteiger partial charge in [-0.15, -0.1) is 10.2 Å². The first kappa shape index (κ1) is 23.2. The number of benzene rings is 3. The second-order valence-corrected chi connectivity index (χ2v) is 9.02. The zero-order chi connectivity index (χ0) is 23.2. The zero-order valence-electron chi connectivity index (χ0n) is 17.8. The van der Waals surface area contributed by atoms with E-state index in [-0.39, 0.29) is 11.7 Å². The summed E-state index contributed by atoms with van der Waals surface area (Å²) in [7, 11) is 0. The zero-order valence-corrected chi connectivity index (χ0v) is 20.1. The maximum absolute atomic E-state index is 12.5. The van der Waals surface area contributed by atoms with Gasteiger partial charge >= 0.3 is 0 Å². The smallest absolute Gasteiger partial charge is 0.234 e. The third kappa shape index (κ3) is 6.07. The Bertz CT molecular complexity index is 1260. The molecular weight excluding hydrogens is 477 g/mol. The van der Waals surface area contributed by atoms with Gasteiger partial charge in [0.05, 0.1) is 22.3 Å². The van der Waals surface area contributed by atoms with Crippen molar-refractivity contribution >= 4 is 52.2 Å². The summed E-state index contributed by atoms with van der Waals surface area (Å²) in [4.78, 5) is 12.5. The number of nitrogens with zero attached hydrogens (tertiary/aromatic N) is 3. The van der Waals surface area contributed by atoms with Crippen molar-refractivity contribution in [3.63, 3.8) is 0 Å². The maximum Gasteiger partial charge on any atom is 0.234 e. The molecule has 1 aromatic heterocycles. The van der Waals surface area contributed by atoms with Crippen LogP contribution in [0.1, 0.15) is 11.4 Å². The van der Waals surface area contributed by atoms with E-state index in [1.165, 1.54) is 11.8 Å². The molecule has 2 N–H and O–H groups in total. The number of thioether (sulfide) groups is 1. The Kier molecular flexibility index (Phi) is 7.54. The fourth-order valence-electron chi connectivity index (χ4n) is 3.18. The van der Waals surface area contributed by atoms with Crippen molar-refractivity contribution in [3.8, 4) is 5.69 Å². The van der Waals surface area contributed by atoms with Gasteiger partial charge in [-0.3, -0.25) is 9.36 Å². The van der Waals surface area contributed by atoms with Gasteiger partial charge in [-0.25, -0.2) is 0 Å². The van der Waals surface area contributed by atoms with Gasteiger partial charge in [0.15, 0.2) is 11.0 Å². The largest absolute Gasteiger partial charge is 0.378 e. The second-order valence-electron chi connectivity index (χ2n) is 7.26. The van der Waals surface area contributed by atoms with E-state index in [9.17, 15) is 4.79 Å². The summed E-state index contributed by atoms with van der Waals surface area (Å²) in [6, 6.07) is 22.8. The van der Waals surface area contributed by atoms with Gasteiger partial charge in [0.1, 0.15) is 0 Å². The van der Waals surface area contributed by atoms with Crippen molar-refractivity contribution in [2.75, 3.05) is 16.4 Å². The van der Waals surface area contributed by atoms with Crippen molar-refractivity contribution in [2.45, 2.75) is 18.6 Å². The Balaban J connectivity index is 1.49. The lowest BCUT2D eigenvalue weighted by molar-refractivity contribution is -0.113. The van der Waals surface area contributed by atoms with Gasteiger partial charge < -0.3 is 10.6 Å². The van der Waals surface area contributed by atoms with Crippen LogP contribution in [-0.2, 0) is 11.3 Å². The van der Waals surface area contributed by atoms with E-state index in [1.807, 2.05) is 72.2 Å². The predicted molar refractivity (Wildman–Crippen MR) is 136 cm³/mol. The number of carbonyl (C=O) groups is 1. The molecule has 0 unspecified atom stereocenters. The maximum atomic E-state index is 12.5. The van der Waals surface area contributed by atoms with Crippen LogP contribution in [0, 0.1) is 6.92 Å². The number of nitrogens with one attached hydrogen (secondary N) is 2. The minimum Gasteiger partial charge on any atom is -0.378 e. The Hall–Kier alpha value is -3.00. The van der Waals surface area contributed by atoms with Crippen LogP contribution in [0.5, 0.6) is 0 Å². The van der Waals surface area contributed by atoms with Crippen molar-refractivity contribution in [3.05, 3.63) is 94.2 Å². The molecule has 6 nitrogen and oxygen atoms in total. The van der Waals surface area contributed by atoms with Gasteiger partial charge in [0, 0.05) is 17.1 Å². The summed E-state index contributed by atoms with van der Waals surface area (Å²) >= 11 is 13.5. The number of aromatic nitrogens is 3. The molecule has 0 saturated heterocycles. The molecule has 9 heteroatoms. The lowest BCUT2D eigenvalue weighted by atomic mass is 10.2. The lowest BCUT2D eigenvalue weighted by Gasteiger charge is -2.12. The van der Waals surface area contributed by atoms with E-state index in [0.29, 0.717) is 27.6 Å². The summed E-state index contributed by atoms with van der Waals surface area (Å²) in [5.41, 5.74) is 3.59. The molecule has 168 valence electrons. The predicted octanol–water partition coefficient (Wildman–Crippen LogP) is 6.23. The van der Waals surface area contributed by atoms with E-state index in [4.69, 9.17) is 23.2 Å². The fourth-order valence-corrected chi connectivity index (χ4v) is 4.25. The van der Waals surface area contributed by atoms with Crippen LogP contribution in [0.4, 0.5) is 11.4 Å². The van der Waals surface area contributed by atoms with Crippen molar-refractivity contribution < 1.29 is 4.79 Å². The number of hydrogen-bond acceptors (Lipinski definition) is 5. The Morgan fingerprint density at radius 2 is 1.76 bits per heavy atom. The average Bonchev–Trinajstić information content (AvgIpc) is 3.22. The number of para-hydroxylation sites is 1. The molecule has 1 amide bonds. The number of aryl methyl sites for hydroxylation is 1. The first-order chi connectivity index (χ1) is 16.0. The molecule has 0 aliphatic carbocycles. The van der Waals surface area contributed by atoms with Gasteiger partial charge in [-0.05, 0) is 55.0 Å². The third-order valence-corrected chi connectivity index (χ3v) is 6.39. The average molecular weight is 498 g/mol. The van der Waals surface area contributed by atoms with Crippen LogP contribution in [0.25, 0.3) is 5.69 Å². The molecule has 0 aliphatic rings. The van der Waals surface area contributed by atoms with Crippen LogP contribution >= 0.6 is 35.0 Å². The highest BCUT2D eigenvalue weighted by Crippen LogP contribution is 2.26. The fraction of sp³-hybridized carbons (Fsp3) is 0.125. The van der Waals surface area contributed by atoms with Gasteiger partial charge in [-0.2, -0.15) is 0 Å². The number of rotatable bonds is 8. The molecule has 0 saturated carbocycles. The SMILES string of the molecule is Cc1cccc(NC(=O)CSc2nnc(CNc3ccc(Cl)c(Cl)c3)n2-c2ccccc2)c1. The van der Waals surface area contributed by atoms with Gasteiger partial charge in [-0.1, -0.05) is 65.3 Å². The Morgan fingerprint density at radius 3 is 2.52 bits per heavy atom. The number of anilines is 2. The van der Waals surface area contributed by atoms with Crippen molar-refractivity contribution in [1.29, 1.82) is 0 Å². The highest BCUT2D eigenvalue weighted by molar-refractivity contribution is 7.99. The molecule has 0 bridgehead atoms. The first-order valence-corrected chi connectivity index (χ1v) is 11.9. The van der Waals surface area contributed by atoms with Crippen LogP contribution in [0.2, 0.25) is 10.0 Å². The third-order valence-electron chi connectivity index (χ3n) is 4.72. The Morgan fingerprint density at radius 1 is 0.939 bits per heavy atom. The molecule has 0 aliphatic heterocycles. The number of halogens is 2. The summed E-state index contributed by atoms with van der Waals surface area (Å²) in [6.07, 6.45) is 0. The van der Waals surface area contributed by atoms with Crippen LogP contribution in [0.3, 0.4) is 0 Å². The van der Waals surface area contributed by atoms with Crippen LogP contribution in [0.15, 0.2) is 78.0 Å². The molecule has 0 fully saturated rings. The van der Waals surface area contributed by atoms with Gasteiger partial charge in [0.2, 0.25) is 5.91 Å². The quantitative estimate of drug-likeness (QED) is 0.282. The topological polar surface area (TPSA) is 71.8 Å². The van der Waals surface area contributed by atoms with E-state index >= 15 is 0 Å². The first-order valence-electron chi connectivity index (χ1n) is 10.2. The monoisotopic (exact) mass is 497 g/mol. The molecule has 0 spiro atoms. The van der Waals surface area contributed by atoms with Gasteiger partial charge in [0.25, 0.3) is 0 Å². The summed E-state index contributed by atoms with van der Waals surface area (Å²) in [6.45, 7) is 2.40. The van der Waals surface area contributed by atoms with Crippen molar-refractivity contribution in [2.24, 2.45) is 0 Å².